The van der Waals surface area contributed by atoms with E-state index in [4.69, 9.17) is 10.8 Å². The number of aromatic carboxylic acids is 1. The minimum absolute atomic E-state index is 0.0414. The van der Waals surface area contributed by atoms with Gasteiger partial charge >= 0.3 is 5.97 Å². The van der Waals surface area contributed by atoms with Gasteiger partial charge in [-0.1, -0.05) is 12.2 Å². The maximum absolute atomic E-state index is 10.6. The number of hydrogen-bond acceptors (Lipinski definition) is 3. The van der Waals surface area contributed by atoms with Crippen LogP contribution in [-0.2, 0) is 0 Å². The first-order valence-corrected chi connectivity index (χ1v) is 4.08. The van der Waals surface area contributed by atoms with Crippen LogP contribution in [0.3, 0.4) is 0 Å². The molecule has 0 aliphatic carbocycles. The zero-order valence-corrected chi connectivity index (χ0v) is 7.47. The second-order valence-corrected chi connectivity index (χ2v) is 2.72. The van der Waals surface area contributed by atoms with Crippen molar-refractivity contribution in [1.82, 2.24) is 0 Å². The van der Waals surface area contributed by atoms with Crippen LogP contribution in [-0.4, -0.2) is 22.7 Å². The molecule has 4 heteroatoms. The van der Waals surface area contributed by atoms with Crippen LogP contribution >= 0.6 is 0 Å². The van der Waals surface area contributed by atoms with Crippen molar-refractivity contribution < 1.29 is 15.0 Å². The first kappa shape index (κ1) is 10.3. The Morgan fingerprint density at radius 3 is 2.79 bits per heavy atom. The number of phenolic OH excluding ortho intramolecular Hbond substituents is 1. The van der Waals surface area contributed by atoms with Crippen LogP contribution in [0.25, 0.3) is 6.08 Å². The molecule has 0 spiro atoms. The van der Waals surface area contributed by atoms with Gasteiger partial charge in [0.25, 0.3) is 0 Å². The average molecular weight is 193 g/mol. The minimum Gasteiger partial charge on any atom is -0.507 e. The lowest BCUT2D eigenvalue weighted by Gasteiger charge is -2.00. The van der Waals surface area contributed by atoms with Crippen LogP contribution in [0.5, 0.6) is 5.75 Å². The summed E-state index contributed by atoms with van der Waals surface area (Å²) >= 11 is 0. The van der Waals surface area contributed by atoms with Gasteiger partial charge in [-0.2, -0.15) is 0 Å². The standard InChI is InChI=1S/C10H11NO3/c11-5-1-2-7-6-8(10(13)14)3-4-9(7)12/h1-4,6,12H,5,11H2,(H,13,14). The molecule has 1 aromatic carbocycles. The molecule has 4 nitrogen and oxygen atoms in total. The van der Waals surface area contributed by atoms with Gasteiger partial charge in [0.15, 0.2) is 0 Å². The second kappa shape index (κ2) is 4.43. The van der Waals surface area contributed by atoms with Crippen LogP contribution in [0.2, 0.25) is 0 Å². The third-order valence-electron chi connectivity index (χ3n) is 1.71. The fourth-order valence-corrected chi connectivity index (χ4v) is 1.02. The number of rotatable bonds is 3. The molecule has 0 aromatic heterocycles. The molecule has 4 N–H and O–H groups in total. The smallest absolute Gasteiger partial charge is 0.335 e. The van der Waals surface area contributed by atoms with Crippen molar-refractivity contribution >= 4 is 12.0 Å². The molecule has 0 aliphatic rings. The topological polar surface area (TPSA) is 83.6 Å². The van der Waals surface area contributed by atoms with Crippen molar-refractivity contribution in [2.24, 2.45) is 5.73 Å². The Bertz CT molecular complexity index is 372. The Morgan fingerprint density at radius 2 is 2.21 bits per heavy atom. The molecule has 0 aliphatic heterocycles. The highest BCUT2D eigenvalue weighted by Crippen LogP contribution is 2.19. The van der Waals surface area contributed by atoms with Crippen LogP contribution in [0.1, 0.15) is 15.9 Å². The maximum atomic E-state index is 10.6. The van der Waals surface area contributed by atoms with Gasteiger partial charge in [-0.3, -0.25) is 0 Å². The lowest BCUT2D eigenvalue weighted by Crippen LogP contribution is -1.96. The molecule has 0 bridgehead atoms. The molecule has 74 valence electrons. The molecule has 1 rings (SSSR count). The maximum Gasteiger partial charge on any atom is 0.335 e. The van der Waals surface area contributed by atoms with E-state index in [1.807, 2.05) is 0 Å². The number of nitrogens with two attached hydrogens (primary N) is 1. The predicted octanol–water partition coefficient (Wildman–Crippen LogP) is 1.06. The fraction of sp³-hybridized carbons (Fsp3) is 0.100. The Morgan fingerprint density at radius 1 is 1.50 bits per heavy atom. The summed E-state index contributed by atoms with van der Waals surface area (Å²) in [6.07, 6.45) is 3.22. The summed E-state index contributed by atoms with van der Waals surface area (Å²) in [5.74, 6) is -0.980. The lowest BCUT2D eigenvalue weighted by atomic mass is 10.1. The number of aromatic hydroxyl groups is 1. The Kier molecular flexibility index (Phi) is 3.25. The number of hydrogen-bond donors (Lipinski definition) is 3. The lowest BCUT2D eigenvalue weighted by molar-refractivity contribution is 0.0697. The fourth-order valence-electron chi connectivity index (χ4n) is 1.02. The van der Waals surface area contributed by atoms with Gasteiger partial charge in [0.1, 0.15) is 5.75 Å². The minimum atomic E-state index is -1.02. The summed E-state index contributed by atoms with van der Waals surface area (Å²) in [5.41, 5.74) is 5.83. The van der Waals surface area contributed by atoms with Gasteiger partial charge in [-0.25, -0.2) is 4.79 Å². The SMILES string of the molecule is NCC=Cc1cc(C(=O)O)ccc1O. The molecule has 0 amide bonds. The third-order valence-corrected chi connectivity index (χ3v) is 1.71. The Hall–Kier alpha value is -1.81. The zero-order chi connectivity index (χ0) is 10.6. The van der Waals surface area contributed by atoms with Gasteiger partial charge in [-0.15, -0.1) is 0 Å². The average Bonchev–Trinajstić information content (AvgIpc) is 2.16. The van der Waals surface area contributed by atoms with E-state index < -0.39 is 5.97 Å². The van der Waals surface area contributed by atoms with Crippen molar-refractivity contribution in [2.75, 3.05) is 6.54 Å². The summed E-state index contributed by atoms with van der Waals surface area (Å²) in [6.45, 7) is 0.344. The highest BCUT2D eigenvalue weighted by molar-refractivity contribution is 5.88. The molecular formula is C10H11NO3. The molecule has 0 atom stereocenters. The molecule has 0 radical (unpaired) electrons. The quantitative estimate of drug-likeness (QED) is 0.670. The van der Waals surface area contributed by atoms with Gasteiger partial charge < -0.3 is 15.9 Å². The Labute approximate surface area is 81.3 Å². The summed E-state index contributed by atoms with van der Waals surface area (Å²) in [4.78, 5) is 10.6. The van der Waals surface area contributed by atoms with Crippen LogP contribution < -0.4 is 5.73 Å². The first-order chi connectivity index (χ1) is 6.65. The van der Waals surface area contributed by atoms with Crippen LogP contribution in [0.4, 0.5) is 0 Å². The second-order valence-electron chi connectivity index (χ2n) is 2.72. The van der Waals surface area contributed by atoms with E-state index in [2.05, 4.69) is 0 Å². The van der Waals surface area contributed by atoms with E-state index in [9.17, 15) is 9.90 Å². The highest BCUT2D eigenvalue weighted by Gasteiger charge is 2.05. The predicted molar refractivity (Wildman–Crippen MR) is 53.2 cm³/mol. The van der Waals surface area contributed by atoms with E-state index in [0.29, 0.717) is 12.1 Å². The normalized spacial score (nSPS) is 10.6. The molecule has 14 heavy (non-hydrogen) atoms. The third kappa shape index (κ3) is 2.34. The van der Waals surface area contributed by atoms with Crippen molar-refractivity contribution in [1.29, 1.82) is 0 Å². The van der Waals surface area contributed by atoms with Crippen molar-refractivity contribution in [2.45, 2.75) is 0 Å². The summed E-state index contributed by atoms with van der Waals surface area (Å²) in [7, 11) is 0. The largest absolute Gasteiger partial charge is 0.507 e. The summed E-state index contributed by atoms with van der Waals surface area (Å²) in [6, 6.07) is 4.08. The molecule has 0 heterocycles. The van der Waals surface area contributed by atoms with Gasteiger partial charge in [0.05, 0.1) is 5.56 Å². The van der Waals surface area contributed by atoms with E-state index in [1.54, 1.807) is 12.2 Å². The number of carboxylic acid groups (broad SMARTS) is 1. The monoisotopic (exact) mass is 193 g/mol. The molecule has 1 aromatic rings. The Balaban J connectivity index is 3.08. The summed E-state index contributed by atoms with van der Waals surface area (Å²) in [5, 5.41) is 18.1. The van der Waals surface area contributed by atoms with Crippen molar-refractivity contribution in [3.63, 3.8) is 0 Å². The van der Waals surface area contributed by atoms with Gasteiger partial charge in [0.2, 0.25) is 0 Å². The van der Waals surface area contributed by atoms with Crippen molar-refractivity contribution in [3.8, 4) is 5.75 Å². The van der Waals surface area contributed by atoms with Gasteiger partial charge in [-0.05, 0) is 18.2 Å². The number of phenols is 1. The number of carbonyl (C=O) groups is 1. The highest BCUT2D eigenvalue weighted by atomic mass is 16.4. The molecule has 0 saturated carbocycles. The summed E-state index contributed by atoms with van der Waals surface area (Å²) < 4.78 is 0. The van der Waals surface area contributed by atoms with E-state index >= 15 is 0 Å². The first-order valence-electron chi connectivity index (χ1n) is 4.08. The molecule has 0 unspecified atom stereocenters. The molecule has 0 fully saturated rings. The van der Waals surface area contributed by atoms with Crippen LogP contribution in [0.15, 0.2) is 24.3 Å². The molecular weight excluding hydrogens is 182 g/mol. The van der Waals surface area contributed by atoms with Crippen molar-refractivity contribution in [3.05, 3.63) is 35.4 Å². The zero-order valence-electron chi connectivity index (χ0n) is 7.47. The number of carboxylic acids is 1. The van der Waals surface area contributed by atoms with E-state index in [0.717, 1.165) is 0 Å². The van der Waals surface area contributed by atoms with E-state index in [-0.39, 0.29) is 11.3 Å². The van der Waals surface area contributed by atoms with Gasteiger partial charge in [0, 0.05) is 12.1 Å². The van der Waals surface area contributed by atoms with E-state index in [1.165, 1.54) is 18.2 Å². The van der Waals surface area contributed by atoms with Crippen LogP contribution in [0, 0.1) is 0 Å². The number of benzene rings is 1. The molecule has 0 saturated heterocycles.